The molecule has 2 N–H and O–H groups in total. The maximum absolute atomic E-state index is 6.33. The van der Waals surface area contributed by atoms with E-state index in [4.69, 9.17) is 32.7 Å². The highest BCUT2D eigenvalue weighted by molar-refractivity contribution is 6.34. The fraction of sp³-hybridized carbons (Fsp3) is 0.304. The van der Waals surface area contributed by atoms with Gasteiger partial charge >= 0.3 is 0 Å². The van der Waals surface area contributed by atoms with Gasteiger partial charge in [0.15, 0.2) is 5.82 Å². The molecular formula is C23H26Cl2N6O2. The number of halogens is 2. The van der Waals surface area contributed by atoms with Gasteiger partial charge in [-0.3, -0.25) is 0 Å². The number of rotatable bonds is 7. The zero-order chi connectivity index (χ0) is 23.4. The van der Waals surface area contributed by atoms with Crippen LogP contribution < -0.4 is 25.0 Å². The van der Waals surface area contributed by atoms with Crippen LogP contribution in [0, 0.1) is 0 Å². The van der Waals surface area contributed by atoms with Crippen molar-refractivity contribution in [2.75, 3.05) is 63.0 Å². The molecule has 1 aliphatic rings. The minimum absolute atomic E-state index is 0.374. The Balaban J connectivity index is 1.49. The molecule has 3 aromatic rings. The van der Waals surface area contributed by atoms with E-state index in [0.29, 0.717) is 39.0 Å². The van der Waals surface area contributed by atoms with Crippen LogP contribution in [0.15, 0.2) is 42.6 Å². The predicted molar refractivity (Wildman–Crippen MR) is 134 cm³/mol. The molecule has 0 aliphatic carbocycles. The van der Waals surface area contributed by atoms with Gasteiger partial charge in [0, 0.05) is 55.4 Å². The van der Waals surface area contributed by atoms with Crippen LogP contribution >= 0.6 is 23.2 Å². The summed E-state index contributed by atoms with van der Waals surface area (Å²) in [7, 11) is 5.23. The number of aromatic nitrogens is 2. The molecule has 1 fully saturated rings. The van der Waals surface area contributed by atoms with E-state index in [0.717, 1.165) is 31.9 Å². The number of nitrogens with one attached hydrogen (secondary N) is 2. The summed E-state index contributed by atoms with van der Waals surface area (Å²) >= 11 is 12.6. The van der Waals surface area contributed by atoms with Gasteiger partial charge in [0.1, 0.15) is 21.5 Å². The van der Waals surface area contributed by atoms with Gasteiger partial charge < -0.3 is 29.9 Å². The van der Waals surface area contributed by atoms with Crippen LogP contribution in [0.3, 0.4) is 0 Å². The summed E-state index contributed by atoms with van der Waals surface area (Å²) in [6, 6.07) is 11.7. The molecule has 0 amide bonds. The van der Waals surface area contributed by atoms with Crippen molar-refractivity contribution in [2.45, 2.75) is 0 Å². The second-order valence-corrected chi connectivity index (χ2v) is 8.46. The molecule has 0 spiro atoms. The maximum atomic E-state index is 6.33. The molecule has 2 heterocycles. The van der Waals surface area contributed by atoms with Gasteiger partial charge in [-0.05, 0) is 31.3 Å². The van der Waals surface area contributed by atoms with Crippen LogP contribution in [-0.2, 0) is 0 Å². The van der Waals surface area contributed by atoms with Crippen molar-refractivity contribution in [1.82, 2.24) is 14.9 Å². The van der Waals surface area contributed by atoms with Gasteiger partial charge in [-0.1, -0.05) is 23.2 Å². The Bertz CT molecular complexity index is 1080. The fourth-order valence-corrected chi connectivity index (χ4v) is 3.94. The number of hydrogen-bond acceptors (Lipinski definition) is 8. The molecule has 0 unspecified atom stereocenters. The summed E-state index contributed by atoms with van der Waals surface area (Å²) in [5.41, 5.74) is 2.76. The average molecular weight is 489 g/mol. The van der Waals surface area contributed by atoms with Crippen LogP contribution in [0.1, 0.15) is 0 Å². The molecule has 0 atom stereocenters. The van der Waals surface area contributed by atoms with Crippen LogP contribution in [0.2, 0.25) is 10.0 Å². The first kappa shape index (κ1) is 23.2. The summed E-state index contributed by atoms with van der Waals surface area (Å²) in [6.45, 7) is 4.19. The van der Waals surface area contributed by atoms with Crippen LogP contribution in [0.5, 0.6) is 11.5 Å². The smallest absolute Gasteiger partial charge is 0.229 e. The zero-order valence-corrected chi connectivity index (χ0v) is 20.2. The van der Waals surface area contributed by atoms with Gasteiger partial charge in [-0.25, -0.2) is 4.98 Å². The van der Waals surface area contributed by atoms with Crippen LogP contribution in [0.4, 0.5) is 28.8 Å². The first-order chi connectivity index (χ1) is 16.0. The third-order valence-electron chi connectivity index (χ3n) is 5.44. The standard InChI is InChI=1S/C23H26Cl2N6O2/c1-30-8-10-31(11-9-30)17-6-4-15(5-7-17)28-23-26-14-18(24)22(29-23)27-16-12-19(32-2)21(25)20(13-16)33-3/h4-7,12-14H,8-11H2,1-3H3,(H2,26,27,28,29). The van der Waals surface area contributed by atoms with Crippen molar-refractivity contribution in [3.05, 3.63) is 52.6 Å². The predicted octanol–water partition coefficient (Wildman–Crippen LogP) is 5.04. The van der Waals surface area contributed by atoms with E-state index < -0.39 is 0 Å². The Morgan fingerprint density at radius 1 is 0.879 bits per heavy atom. The molecule has 1 aliphatic heterocycles. The highest BCUT2D eigenvalue weighted by Gasteiger charge is 2.15. The number of piperazine rings is 1. The number of likely N-dealkylation sites (N-methyl/N-ethyl adjacent to an activating group) is 1. The summed E-state index contributed by atoms with van der Waals surface area (Å²) in [5.74, 6) is 1.81. The molecule has 1 aromatic heterocycles. The van der Waals surface area contributed by atoms with Crippen molar-refractivity contribution in [1.29, 1.82) is 0 Å². The monoisotopic (exact) mass is 488 g/mol. The normalized spacial score (nSPS) is 14.2. The molecule has 2 aromatic carbocycles. The van der Waals surface area contributed by atoms with Crippen molar-refractivity contribution in [3.63, 3.8) is 0 Å². The molecular weight excluding hydrogens is 463 g/mol. The summed E-state index contributed by atoms with van der Waals surface area (Å²) in [6.07, 6.45) is 1.54. The Labute approximate surface area is 203 Å². The van der Waals surface area contributed by atoms with E-state index in [1.807, 2.05) is 12.1 Å². The molecule has 8 nitrogen and oxygen atoms in total. The summed E-state index contributed by atoms with van der Waals surface area (Å²) in [5, 5.41) is 7.17. The van der Waals surface area contributed by atoms with Crippen molar-refractivity contribution in [3.8, 4) is 11.5 Å². The molecule has 0 bridgehead atoms. The summed E-state index contributed by atoms with van der Waals surface area (Å²) < 4.78 is 10.6. The van der Waals surface area contributed by atoms with E-state index in [1.54, 1.807) is 32.5 Å². The fourth-order valence-electron chi connectivity index (χ4n) is 3.54. The van der Waals surface area contributed by atoms with Crippen molar-refractivity contribution in [2.24, 2.45) is 0 Å². The van der Waals surface area contributed by atoms with E-state index >= 15 is 0 Å². The molecule has 10 heteroatoms. The largest absolute Gasteiger partial charge is 0.495 e. The molecule has 174 valence electrons. The minimum atomic E-state index is 0.374. The molecule has 0 saturated carbocycles. The Kier molecular flexibility index (Phi) is 7.27. The second kappa shape index (κ2) is 10.3. The summed E-state index contributed by atoms with van der Waals surface area (Å²) in [4.78, 5) is 13.5. The quantitative estimate of drug-likeness (QED) is 0.478. The lowest BCUT2D eigenvalue weighted by Crippen LogP contribution is -2.44. The SMILES string of the molecule is COc1cc(Nc2nc(Nc3ccc(N4CCN(C)CC4)cc3)ncc2Cl)cc(OC)c1Cl. The van der Waals surface area contributed by atoms with Crippen LogP contribution in [0.25, 0.3) is 0 Å². The minimum Gasteiger partial charge on any atom is -0.495 e. The molecule has 4 rings (SSSR count). The van der Waals surface area contributed by atoms with Crippen molar-refractivity contribution >= 4 is 52.0 Å². The van der Waals surface area contributed by atoms with Gasteiger partial charge in [0.05, 0.1) is 20.4 Å². The molecule has 0 radical (unpaired) electrons. The lowest BCUT2D eigenvalue weighted by molar-refractivity contribution is 0.313. The van der Waals surface area contributed by atoms with Gasteiger partial charge in [0.25, 0.3) is 0 Å². The van der Waals surface area contributed by atoms with Gasteiger partial charge in [0.2, 0.25) is 5.95 Å². The third kappa shape index (κ3) is 5.52. The topological polar surface area (TPSA) is 74.8 Å². The van der Waals surface area contributed by atoms with Crippen molar-refractivity contribution < 1.29 is 9.47 Å². The van der Waals surface area contributed by atoms with E-state index in [-0.39, 0.29) is 0 Å². The molecule has 33 heavy (non-hydrogen) atoms. The maximum Gasteiger partial charge on any atom is 0.229 e. The van der Waals surface area contributed by atoms with Gasteiger partial charge in [-0.2, -0.15) is 4.98 Å². The number of hydrogen-bond donors (Lipinski definition) is 2. The zero-order valence-electron chi connectivity index (χ0n) is 18.7. The Morgan fingerprint density at radius 2 is 1.52 bits per heavy atom. The van der Waals surface area contributed by atoms with Crippen LogP contribution in [-0.4, -0.2) is 62.3 Å². The second-order valence-electron chi connectivity index (χ2n) is 7.67. The highest BCUT2D eigenvalue weighted by Crippen LogP contribution is 2.38. The first-order valence-electron chi connectivity index (χ1n) is 10.5. The van der Waals surface area contributed by atoms with Gasteiger partial charge in [-0.15, -0.1) is 0 Å². The Morgan fingerprint density at radius 3 is 2.12 bits per heavy atom. The van der Waals surface area contributed by atoms with E-state index in [9.17, 15) is 0 Å². The van der Waals surface area contributed by atoms with E-state index in [2.05, 4.69) is 49.6 Å². The average Bonchev–Trinajstić information content (AvgIpc) is 2.83. The number of benzene rings is 2. The first-order valence-corrected chi connectivity index (χ1v) is 11.2. The third-order valence-corrected chi connectivity index (χ3v) is 6.09. The lowest BCUT2D eigenvalue weighted by atomic mass is 10.2. The highest BCUT2D eigenvalue weighted by atomic mass is 35.5. The number of ether oxygens (including phenoxy) is 2. The number of methoxy groups -OCH3 is 2. The Hall–Kier alpha value is -2.94. The van der Waals surface area contributed by atoms with E-state index in [1.165, 1.54) is 5.69 Å². The number of nitrogens with zero attached hydrogens (tertiary/aromatic N) is 4. The number of anilines is 5. The lowest BCUT2D eigenvalue weighted by Gasteiger charge is -2.34. The molecule has 1 saturated heterocycles.